The van der Waals surface area contributed by atoms with E-state index in [0.717, 1.165) is 18.7 Å². The van der Waals surface area contributed by atoms with Crippen LogP contribution in [0.15, 0.2) is 24.3 Å². The van der Waals surface area contributed by atoms with Crippen molar-refractivity contribution < 1.29 is 14.8 Å². The summed E-state index contributed by atoms with van der Waals surface area (Å²) in [4.78, 5) is 12.5. The molecule has 1 aliphatic heterocycles. The van der Waals surface area contributed by atoms with Gasteiger partial charge in [0.2, 0.25) is 0 Å². The van der Waals surface area contributed by atoms with Crippen molar-refractivity contribution in [3.63, 3.8) is 0 Å². The van der Waals surface area contributed by atoms with Crippen molar-refractivity contribution in [3.8, 4) is 0 Å². The zero-order chi connectivity index (χ0) is 16.9. The Morgan fingerprint density at radius 1 is 1.35 bits per heavy atom. The first-order valence-corrected chi connectivity index (χ1v) is 7.86. The second-order valence-corrected chi connectivity index (χ2v) is 6.38. The summed E-state index contributed by atoms with van der Waals surface area (Å²) in [5.41, 5.74) is 0.653. The van der Waals surface area contributed by atoms with Crippen LogP contribution in [-0.2, 0) is 10.3 Å². The highest BCUT2D eigenvalue weighted by atomic mass is 16.6. The molecule has 0 amide bonds. The summed E-state index contributed by atoms with van der Waals surface area (Å²) in [6.07, 6.45) is -0.467. The first-order valence-electron chi connectivity index (χ1n) is 7.86. The van der Waals surface area contributed by atoms with Gasteiger partial charge in [-0.1, -0.05) is 12.1 Å². The zero-order valence-electron chi connectivity index (χ0n) is 13.7. The number of nitrogens with zero attached hydrogens (tertiary/aromatic N) is 2. The molecular formula is C16H25N3O4. The van der Waals surface area contributed by atoms with Crippen molar-refractivity contribution in [2.75, 3.05) is 39.4 Å². The molecule has 1 aromatic carbocycles. The maximum Gasteiger partial charge on any atom is 0.269 e. The molecule has 1 saturated heterocycles. The van der Waals surface area contributed by atoms with E-state index < -0.39 is 11.0 Å². The molecule has 1 heterocycles. The van der Waals surface area contributed by atoms with Gasteiger partial charge in [-0.05, 0) is 19.4 Å². The Labute approximate surface area is 136 Å². The molecule has 1 fully saturated rings. The summed E-state index contributed by atoms with van der Waals surface area (Å²) in [7, 11) is 0. The molecular weight excluding hydrogens is 298 g/mol. The molecule has 1 aliphatic rings. The van der Waals surface area contributed by atoms with Crippen LogP contribution in [-0.4, -0.2) is 60.4 Å². The second kappa shape index (κ2) is 7.83. The first-order chi connectivity index (χ1) is 10.9. The smallest absolute Gasteiger partial charge is 0.269 e. The molecule has 128 valence electrons. The molecule has 1 aromatic rings. The highest BCUT2D eigenvalue weighted by Gasteiger charge is 2.23. The standard InChI is InChI=1S/C16H25N3O4/c1-16(2,13-3-5-14(6-4-13)19(21)22)17-11-15(20)12-18-7-9-23-10-8-18/h3-6,15,17,20H,7-12H2,1-2H3. The molecule has 0 aliphatic carbocycles. The van der Waals surface area contributed by atoms with Crippen LogP contribution in [0, 0.1) is 10.1 Å². The summed E-state index contributed by atoms with van der Waals surface area (Å²) < 4.78 is 5.29. The quantitative estimate of drug-likeness (QED) is 0.577. The molecule has 7 nitrogen and oxygen atoms in total. The number of nitro groups is 1. The summed E-state index contributed by atoms with van der Waals surface area (Å²) in [6.45, 7) is 8.20. The number of aliphatic hydroxyl groups is 1. The fourth-order valence-corrected chi connectivity index (χ4v) is 2.62. The Hall–Kier alpha value is -1.54. The van der Waals surface area contributed by atoms with Crippen molar-refractivity contribution >= 4 is 5.69 Å². The monoisotopic (exact) mass is 323 g/mol. The molecule has 2 rings (SSSR count). The fourth-order valence-electron chi connectivity index (χ4n) is 2.62. The van der Waals surface area contributed by atoms with E-state index in [2.05, 4.69) is 10.2 Å². The minimum atomic E-state index is -0.467. The lowest BCUT2D eigenvalue weighted by molar-refractivity contribution is -0.384. The minimum Gasteiger partial charge on any atom is -0.390 e. The lowest BCUT2D eigenvalue weighted by Gasteiger charge is -2.31. The third-order valence-electron chi connectivity index (χ3n) is 4.15. The van der Waals surface area contributed by atoms with Crippen LogP contribution >= 0.6 is 0 Å². The van der Waals surface area contributed by atoms with Crippen molar-refractivity contribution in [3.05, 3.63) is 39.9 Å². The summed E-state index contributed by atoms with van der Waals surface area (Å²) in [5.74, 6) is 0. The van der Waals surface area contributed by atoms with E-state index in [9.17, 15) is 15.2 Å². The van der Waals surface area contributed by atoms with E-state index in [1.807, 2.05) is 13.8 Å². The third-order valence-corrected chi connectivity index (χ3v) is 4.15. The molecule has 1 atom stereocenters. The molecule has 1 unspecified atom stereocenters. The van der Waals surface area contributed by atoms with E-state index in [0.29, 0.717) is 26.3 Å². The van der Waals surface area contributed by atoms with Gasteiger partial charge in [-0.15, -0.1) is 0 Å². The Bertz CT molecular complexity index is 513. The van der Waals surface area contributed by atoms with Crippen LogP contribution in [0.5, 0.6) is 0 Å². The van der Waals surface area contributed by atoms with Crippen LogP contribution < -0.4 is 5.32 Å². The van der Waals surface area contributed by atoms with Gasteiger partial charge in [0.15, 0.2) is 0 Å². The molecule has 0 spiro atoms. The van der Waals surface area contributed by atoms with Crippen molar-refractivity contribution in [2.45, 2.75) is 25.5 Å². The fraction of sp³-hybridized carbons (Fsp3) is 0.625. The Morgan fingerprint density at radius 2 is 1.96 bits per heavy atom. The van der Waals surface area contributed by atoms with Gasteiger partial charge in [0.25, 0.3) is 5.69 Å². The molecule has 0 bridgehead atoms. The SMILES string of the molecule is CC(C)(NCC(O)CN1CCOCC1)c1ccc([N+](=O)[O-])cc1. The number of ether oxygens (including phenoxy) is 1. The predicted octanol–water partition coefficient (Wildman–Crippen LogP) is 1.11. The van der Waals surface area contributed by atoms with Crippen LogP contribution in [0.3, 0.4) is 0 Å². The van der Waals surface area contributed by atoms with Crippen LogP contribution in [0.2, 0.25) is 0 Å². The number of non-ortho nitro benzene ring substituents is 1. The lowest BCUT2D eigenvalue weighted by atomic mass is 9.94. The van der Waals surface area contributed by atoms with E-state index in [4.69, 9.17) is 4.74 Å². The van der Waals surface area contributed by atoms with Crippen molar-refractivity contribution in [1.82, 2.24) is 10.2 Å². The summed E-state index contributed by atoms with van der Waals surface area (Å²) in [5, 5.41) is 24.2. The molecule has 0 aromatic heterocycles. The Morgan fingerprint density at radius 3 is 2.52 bits per heavy atom. The minimum absolute atomic E-state index is 0.0805. The predicted molar refractivity (Wildman–Crippen MR) is 87.4 cm³/mol. The van der Waals surface area contributed by atoms with E-state index in [1.165, 1.54) is 12.1 Å². The number of hydrogen-bond acceptors (Lipinski definition) is 6. The van der Waals surface area contributed by atoms with Crippen LogP contribution in [0.1, 0.15) is 19.4 Å². The van der Waals surface area contributed by atoms with Crippen molar-refractivity contribution in [1.29, 1.82) is 0 Å². The molecule has 7 heteroatoms. The van der Waals surface area contributed by atoms with Crippen LogP contribution in [0.25, 0.3) is 0 Å². The number of morpholine rings is 1. The Kier molecular flexibility index (Phi) is 6.06. The molecule has 2 N–H and O–H groups in total. The maximum atomic E-state index is 10.7. The number of rotatable bonds is 7. The van der Waals surface area contributed by atoms with Gasteiger partial charge < -0.3 is 15.2 Å². The average Bonchev–Trinajstić information content (AvgIpc) is 2.54. The molecule has 0 saturated carbocycles. The number of β-amino-alcohol motifs (C(OH)–C–C–N with tert-alkyl or cyclic N) is 1. The van der Waals surface area contributed by atoms with Crippen molar-refractivity contribution in [2.24, 2.45) is 0 Å². The largest absolute Gasteiger partial charge is 0.390 e. The van der Waals surface area contributed by atoms with Gasteiger partial charge in [0.05, 0.1) is 24.2 Å². The van der Waals surface area contributed by atoms with E-state index >= 15 is 0 Å². The van der Waals surface area contributed by atoms with Gasteiger partial charge in [-0.2, -0.15) is 0 Å². The number of nitrogens with one attached hydrogen (secondary N) is 1. The number of benzene rings is 1. The second-order valence-electron chi connectivity index (χ2n) is 6.38. The lowest BCUT2D eigenvalue weighted by Crippen LogP contribution is -2.47. The highest BCUT2D eigenvalue weighted by molar-refractivity contribution is 5.35. The molecule has 0 radical (unpaired) electrons. The summed E-state index contributed by atoms with van der Waals surface area (Å²) >= 11 is 0. The number of nitro benzene ring substituents is 1. The van der Waals surface area contributed by atoms with E-state index in [1.54, 1.807) is 12.1 Å². The summed E-state index contributed by atoms with van der Waals surface area (Å²) in [6, 6.07) is 6.50. The average molecular weight is 323 g/mol. The zero-order valence-corrected chi connectivity index (χ0v) is 13.7. The Balaban J connectivity index is 1.85. The first kappa shape index (κ1) is 17.8. The molecule has 23 heavy (non-hydrogen) atoms. The maximum absolute atomic E-state index is 10.7. The van der Waals surface area contributed by atoms with Gasteiger partial charge in [-0.3, -0.25) is 15.0 Å². The number of aliphatic hydroxyl groups excluding tert-OH is 1. The van der Waals surface area contributed by atoms with Gasteiger partial charge >= 0.3 is 0 Å². The van der Waals surface area contributed by atoms with E-state index in [-0.39, 0.29) is 11.2 Å². The van der Waals surface area contributed by atoms with Gasteiger partial charge in [0, 0.05) is 43.9 Å². The normalized spacial score (nSPS) is 17.9. The topological polar surface area (TPSA) is 87.9 Å². The highest BCUT2D eigenvalue weighted by Crippen LogP contribution is 2.22. The van der Waals surface area contributed by atoms with Gasteiger partial charge in [-0.25, -0.2) is 0 Å². The van der Waals surface area contributed by atoms with Gasteiger partial charge in [0.1, 0.15) is 0 Å². The van der Waals surface area contributed by atoms with Crippen LogP contribution in [0.4, 0.5) is 5.69 Å². The number of hydrogen-bond donors (Lipinski definition) is 2. The third kappa shape index (κ3) is 5.24.